The van der Waals surface area contributed by atoms with Gasteiger partial charge in [0.1, 0.15) is 8.30 Å². The minimum atomic E-state index is 0.540. The Morgan fingerprint density at radius 3 is 2.80 bits per heavy atom. The van der Waals surface area contributed by atoms with Crippen LogP contribution in [-0.2, 0) is 0 Å². The third-order valence-corrected chi connectivity index (χ3v) is 2.90. The number of hydrogen-bond acceptors (Lipinski definition) is 2. The summed E-state index contributed by atoms with van der Waals surface area (Å²) in [7, 11) is 0. The highest BCUT2D eigenvalue weighted by molar-refractivity contribution is 14.1. The van der Waals surface area contributed by atoms with E-state index in [1.807, 2.05) is 22.6 Å². The van der Waals surface area contributed by atoms with Gasteiger partial charge in [0, 0.05) is 0 Å². The van der Waals surface area contributed by atoms with Crippen LogP contribution >= 0.6 is 50.1 Å². The summed E-state index contributed by atoms with van der Waals surface area (Å²) >= 11 is 10.9. The van der Waals surface area contributed by atoms with Crippen molar-refractivity contribution in [2.75, 3.05) is 5.73 Å². The molecule has 0 radical (unpaired) electrons. The molecule has 0 saturated heterocycles. The van der Waals surface area contributed by atoms with E-state index in [0.29, 0.717) is 15.3 Å². The Kier molecular flexibility index (Phi) is 2.76. The zero-order valence-electron chi connectivity index (χ0n) is 4.74. The van der Waals surface area contributed by atoms with Crippen LogP contribution in [0.15, 0.2) is 10.7 Å². The molecular formula is C5H3BrClIN2. The maximum atomic E-state index is 5.69. The van der Waals surface area contributed by atoms with Crippen LogP contribution in [0.5, 0.6) is 0 Å². The van der Waals surface area contributed by atoms with Gasteiger partial charge in [-0.2, -0.15) is 0 Å². The average molecular weight is 333 g/mol. The van der Waals surface area contributed by atoms with Gasteiger partial charge in [-0.25, -0.2) is 4.98 Å². The topological polar surface area (TPSA) is 38.9 Å². The first-order chi connectivity index (χ1) is 4.61. The summed E-state index contributed by atoms with van der Waals surface area (Å²) in [4.78, 5) is 4.02. The summed E-state index contributed by atoms with van der Waals surface area (Å²) in [6.07, 6.45) is 0. The van der Waals surface area contributed by atoms with E-state index in [4.69, 9.17) is 17.3 Å². The van der Waals surface area contributed by atoms with E-state index in [1.54, 1.807) is 6.07 Å². The Bertz CT molecular complexity index is 216. The summed E-state index contributed by atoms with van der Waals surface area (Å²) in [6.45, 7) is 0. The van der Waals surface area contributed by atoms with Gasteiger partial charge in [0.2, 0.25) is 0 Å². The lowest BCUT2D eigenvalue weighted by atomic mass is 10.4. The van der Waals surface area contributed by atoms with Crippen molar-refractivity contribution in [2.45, 2.75) is 0 Å². The number of nitrogen functional groups attached to an aromatic ring is 1. The lowest BCUT2D eigenvalue weighted by molar-refractivity contribution is 1.23. The Morgan fingerprint density at radius 2 is 2.30 bits per heavy atom. The molecule has 0 fully saturated rings. The minimum Gasteiger partial charge on any atom is -0.397 e. The fourth-order valence-electron chi connectivity index (χ4n) is 0.460. The fourth-order valence-corrected chi connectivity index (χ4v) is 1.64. The van der Waals surface area contributed by atoms with Crippen LogP contribution < -0.4 is 5.73 Å². The molecule has 0 spiro atoms. The van der Waals surface area contributed by atoms with Gasteiger partial charge in [-0.05, 0) is 44.6 Å². The van der Waals surface area contributed by atoms with Crippen molar-refractivity contribution in [3.8, 4) is 0 Å². The van der Waals surface area contributed by atoms with Crippen molar-refractivity contribution < 1.29 is 0 Å². The van der Waals surface area contributed by atoms with Crippen molar-refractivity contribution in [3.63, 3.8) is 0 Å². The summed E-state index contributed by atoms with van der Waals surface area (Å²) in [5, 5.41) is 0.540. The van der Waals surface area contributed by atoms with Gasteiger partial charge in [-0.3, -0.25) is 0 Å². The minimum absolute atomic E-state index is 0.540. The van der Waals surface area contributed by atoms with E-state index in [0.717, 1.165) is 3.70 Å². The van der Waals surface area contributed by atoms with Crippen LogP contribution in [0, 0.1) is 3.70 Å². The second kappa shape index (κ2) is 3.23. The van der Waals surface area contributed by atoms with E-state index in [9.17, 15) is 0 Å². The summed E-state index contributed by atoms with van der Waals surface area (Å²) in [5.41, 5.74) is 6.12. The quantitative estimate of drug-likeness (QED) is 0.586. The highest BCUT2D eigenvalue weighted by Gasteiger charge is 2.02. The highest BCUT2D eigenvalue weighted by atomic mass is 127. The van der Waals surface area contributed by atoms with Gasteiger partial charge in [0.25, 0.3) is 0 Å². The normalized spacial score (nSPS) is 9.90. The molecule has 1 heterocycles. The van der Waals surface area contributed by atoms with E-state index in [2.05, 4.69) is 20.9 Å². The van der Waals surface area contributed by atoms with Crippen molar-refractivity contribution in [1.29, 1.82) is 0 Å². The first-order valence-corrected chi connectivity index (χ1v) is 4.63. The number of hydrogen-bond donors (Lipinski definition) is 1. The van der Waals surface area contributed by atoms with Crippen LogP contribution in [0.25, 0.3) is 0 Å². The molecule has 0 amide bonds. The number of halogens is 3. The molecule has 54 valence electrons. The number of nitrogens with two attached hydrogens (primary N) is 1. The lowest BCUT2D eigenvalue weighted by Gasteiger charge is -1.98. The van der Waals surface area contributed by atoms with Crippen LogP contribution in [0.2, 0.25) is 5.02 Å². The molecule has 0 saturated carbocycles. The zero-order chi connectivity index (χ0) is 7.72. The molecule has 0 aliphatic rings. The van der Waals surface area contributed by atoms with E-state index >= 15 is 0 Å². The van der Waals surface area contributed by atoms with Crippen LogP contribution in [0.3, 0.4) is 0 Å². The van der Waals surface area contributed by atoms with Crippen LogP contribution in [-0.4, -0.2) is 4.98 Å². The largest absolute Gasteiger partial charge is 0.397 e. The molecule has 1 rings (SSSR count). The maximum absolute atomic E-state index is 5.69. The molecule has 0 aromatic carbocycles. The lowest BCUT2D eigenvalue weighted by Crippen LogP contribution is -1.92. The Hall–Kier alpha value is 0.450. The predicted molar refractivity (Wildman–Crippen MR) is 54.1 cm³/mol. The molecule has 2 nitrogen and oxygen atoms in total. The van der Waals surface area contributed by atoms with Crippen molar-refractivity contribution in [2.24, 2.45) is 0 Å². The van der Waals surface area contributed by atoms with Gasteiger partial charge in [0.05, 0.1) is 10.7 Å². The molecule has 0 atom stereocenters. The van der Waals surface area contributed by atoms with E-state index in [-0.39, 0.29) is 0 Å². The molecule has 0 aliphatic carbocycles. The number of nitrogens with zero attached hydrogens (tertiary/aromatic N) is 1. The standard InChI is InChI=1S/C5H3BrClIN2/c6-4-2(7)1-3(9)5(8)10-4/h1H,9H2. The molecule has 0 aliphatic heterocycles. The molecule has 10 heavy (non-hydrogen) atoms. The summed E-state index contributed by atoms with van der Waals surface area (Å²) in [5.74, 6) is 0. The number of aromatic nitrogens is 1. The third kappa shape index (κ3) is 1.73. The average Bonchev–Trinajstić information content (AvgIpc) is 1.84. The van der Waals surface area contributed by atoms with Gasteiger partial charge < -0.3 is 5.73 Å². The number of anilines is 1. The number of rotatable bonds is 0. The Morgan fingerprint density at radius 1 is 1.70 bits per heavy atom. The first kappa shape index (κ1) is 8.55. The smallest absolute Gasteiger partial charge is 0.126 e. The molecule has 2 N–H and O–H groups in total. The van der Waals surface area contributed by atoms with Crippen molar-refractivity contribution in [3.05, 3.63) is 19.4 Å². The Labute approximate surface area is 85.4 Å². The van der Waals surface area contributed by atoms with Crippen LogP contribution in [0.4, 0.5) is 5.69 Å². The molecule has 5 heteroatoms. The maximum Gasteiger partial charge on any atom is 0.126 e. The fraction of sp³-hybridized carbons (Fsp3) is 0. The third-order valence-electron chi connectivity index (χ3n) is 0.914. The van der Waals surface area contributed by atoms with E-state index in [1.165, 1.54) is 0 Å². The van der Waals surface area contributed by atoms with E-state index < -0.39 is 0 Å². The summed E-state index contributed by atoms with van der Waals surface area (Å²) < 4.78 is 1.39. The predicted octanol–water partition coefficient (Wildman–Crippen LogP) is 2.68. The van der Waals surface area contributed by atoms with Gasteiger partial charge in [0.15, 0.2) is 0 Å². The SMILES string of the molecule is Nc1cc(Cl)c(Br)nc1I. The van der Waals surface area contributed by atoms with Gasteiger partial charge >= 0.3 is 0 Å². The van der Waals surface area contributed by atoms with Crippen LogP contribution in [0.1, 0.15) is 0 Å². The Balaban J connectivity index is 3.28. The van der Waals surface area contributed by atoms with Gasteiger partial charge in [-0.1, -0.05) is 11.6 Å². The van der Waals surface area contributed by atoms with Crippen molar-refractivity contribution >= 4 is 55.8 Å². The molecule has 0 bridgehead atoms. The molecule has 1 aromatic heterocycles. The number of pyridine rings is 1. The first-order valence-electron chi connectivity index (χ1n) is 2.38. The second-order valence-electron chi connectivity index (χ2n) is 1.64. The molecule has 0 unspecified atom stereocenters. The summed E-state index contributed by atoms with van der Waals surface area (Å²) in [6, 6.07) is 1.67. The molecular weight excluding hydrogens is 330 g/mol. The zero-order valence-corrected chi connectivity index (χ0v) is 9.24. The molecule has 1 aromatic rings. The highest BCUT2D eigenvalue weighted by Crippen LogP contribution is 2.24. The second-order valence-corrected chi connectivity index (χ2v) is 3.82. The van der Waals surface area contributed by atoms with Gasteiger partial charge in [-0.15, -0.1) is 0 Å². The van der Waals surface area contributed by atoms with Crippen molar-refractivity contribution in [1.82, 2.24) is 4.98 Å². The monoisotopic (exact) mass is 332 g/mol.